The van der Waals surface area contributed by atoms with Crippen molar-refractivity contribution in [2.75, 3.05) is 0 Å². The molecule has 0 saturated heterocycles. The number of thiophene rings is 1. The molecule has 1 nitrogen and oxygen atoms in total. The molecule has 0 radical (unpaired) electrons. The van der Waals surface area contributed by atoms with E-state index in [1.54, 1.807) is 11.3 Å². The lowest BCUT2D eigenvalue weighted by Gasteiger charge is -2.12. The van der Waals surface area contributed by atoms with Crippen molar-refractivity contribution in [1.82, 2.24) is 0 Å². The van der Waals surface area contributed by atoms with Gasteiger partial charge in [-0.05, 0) is 23.1 Å². The van der Waals surface area contributed by atoms with E-state index in [2.05, 4.69) is 18.7 Å². The van der Waals surface area contributed by atoms with Crippen molar-refractivity contribution in [3.63, 3.8) is 0 Å². The molecule has 0 fully saturated rings. The van der Waals surface area contributed by atoms with Crippen LogP contribution < -0.4 is 0 Å². The Labute approximate surface area is 99.3 Å². The van der Waals surface area contributed by atoms with Gasteiger partial charge in [0.25, 0.3) is 0 Å². The molecule has 0 bridgehead atoms. The van der Waals surface area contributed by atoms with Crippen molar-refractivity contribution in [3.05, 3.63) is 70.4 Å². The van der Waals surface area contributed by atoms with Gasteiger partial charge in [0, 0.05) is 10.8 Å². The van der Waals surface area contributed by atoms with Gasteiger partial charge >= 0.3 is 0 Å². The van der Waals surface area contributed by atoms with E-state index in [1.807, 2.05) is 41.8 Å². The summed E-state index contributed by atoms with van der Waals surface area (Å²) in [7, 11) is 0. The van der Waals surface area contributed by atoms with Gasteiger partial charge in [-0.1, -0.05) is 30.3 Å². The van der Waals surface area contributed by atoms with Gasteiger partial charge in [-0.25, -0.2) is 0 Å². The van der Waals surface area contributed by atoms with Crippen molar-refractivity contribution < 1.29 is 0 Å². The fourth-order valence-electron chi connectivity index (χ4n) is 1.73. The first kappa shape index (κ1) is 10.7. The SMILES string of the molecule is C=CC(c1cccs1)c1ccccc1C#N. The molecule has 0 N–H and O–H groups in total. The number of hydrogen-bond donors (Lipinski definition) is 0. The number of nitriles is 1. The Morgan fingerprint density at radius 2 is 2.06 bits per heavy atom. The zero-order valence-corrected chi connectivity index (χ0v) is 9.58. The van der Waals surface area contributed by atoms with E-state index in [1.165, 1.54) is 4.88 Å². The quantitative estimate of drug-likeness (QED) is 0.726. The Kier molecular flexibility index (Phi) is 3.19. The monoisotopic (exact) mass is 225 g/mol. The summed E-state index contributed by atoms with van der Waals surface area (Å²) in [5.74, 6) is 0.121. The minimum absolute atomic E-state index is 0.121. The van der Waals surface area contributed by atoms with Crippen LogP contribution >= 0.6 is 11.3 Å². The summed E-state index contributed by atoms with van der Waals surface area (Å²) in [6.07, 6.45) is 1.89. The molecule has 1 aromatic heterocycles. The molecule has 2 aromatic rings. The van der Waals surface area contributed by atoms with Crippen molar-refractivity contribution in [1.29, 1.82) is 5.26 Å². The molecular weight excluding hydrogens is 214 g/mol. The van der Waals surface area contributed by atoms with E-state index in [0.717, 1.165) is 11.1 Å². The van der Waals surface area contributed by atoms with Gasteiger partial charge < -0.3 is 0 Å². The number of hydrogen-bond acceptors (Lipinski definition) is 2. The Hall–Kier alpha value is -1.85. The lowest BCUT2D eigenvalue weighted by Crippen LogP contribution is -1.97. The lowest BCUT2D eigenvalue weighted by atomic mass is 9.93. The van der Waals surface area contributed by atoms with E-state index in [0.29, 0.717) is 0 Å². The normalized spacial score (nSPS) is 11.7. The first-order chi connectivity index (χ1) is 7.86. The first-order valence-corrected chi connectivity index (χ1v) is 5.89. The van der Waals surface area contributed by atoms with Crippen LogP contribution in [0, 0.1) is 11.3 Å². The molecule has 1 aromatic carbocycles. The number of benzene rings is 1. The average molecular weight is 225 g/mol. The number of rotatable bonds is 3. The third kappa shape index (κ3) is 1.91. The summed E-state index contributed by atoms with van der Waals surface area (Å²) in [5, 5.41) is 11.1. The van der Waals surface area contributed by atoms with Crippen LogP contribution in [0.1, 0.15) is 21.9 Å². The van der Waals surface area contributed by atoms with Crippen LogP contribution in [-0.2, 0) is 0 Å². The summed E-state index contributed by atoms with van der Waals surface area (Å²) < 4.78 is 0. The van der Waals surface area contributed by atoms with Crippen LogP contribution in [0.4, 0.5) is 0 Å². The molecule has 2 heteroatoms. The minimum Gasteiger partial charge on any atom is -0.192 e. The zero-order chi connectivity index (χ0) is 11.4. The lowest BCUT2D eigenvalue weighted by molar-refractivity contribution is 1.05. The maximum absolute atomic E-state index is 9.08. The van der Waals surface area contributed by atoms with Gasteiger partial charge in [-0.15, -0.1) is 17.9 Å². The van der Waals surface area contributed by atoms with Gasteiger partial charge in [-0.3, -0.25) is 0 Å². The molecule has 0 aliphatic rings. The fourth-order valence-corrected chi connectivity index (χ4v) is 2.58. The number of allylic oxidation sites excluding steroid dienone is 1. The second kappa shape index (κ2) is 4.78. The van der Waals surface area contributed by atoms with Gasteiger partial charge in [-0.2, -0.15) is 5.26 Å². The molecule has 0 spiro atoms. The predicted molar refractivity (Wildman–Crippen MR) is 67.5 cm³/mol. The Balaban J connectivity index is 2.50. The molecule has 16 heavy (non-hydrogen) atoms. The predicted octanol–water partition coefficient (Wildman–Crippen LogP) is 3.94. The highest BCUT2D eigenvalue weighted by Gasteiger charge is 2.14. The molecule has 1 unspecified atom stereocenters. The van der Waals surface area contributed by atoms with Gasteiger partial charge in [0.05, 0.1) is 11.6 Å². The van der Waals surface area contributed by atoms with Crippen LogP contribution in [-0.4, -0.2) is 0 Å². The van der Waals surface area contributed by atoms with E-state index in [4.69, 9.17) is 5.26 Å². The highest BCUT2D eigenvalue weighted by atomic mass is 32.1. The third-order valence-electron chi connectivity index (χ3n) is 2.50. The fraction of sp³-hybridized carbons (Fsp3) is 0.0714. The van der Waals surface area contributed by atoms with E-state index >= 15 is 0 Å². The maximum Gasteiger partial charge on any atom is 0.0994 e. The molecule has 0 amide bonds. The second-order valence-corrected chi connectivity index (χ2v) is 4.41. The largest absolute Gasteiger partial charge is 0.192 e. The van der Waals surface area contributed by atoms with Crippen molar-refractivity contribution in [2.45, 2.75) is 5.92 Å². The Morgan fingerprint density at radius 1 is 1.25 bits per heavy atom. The standard InChI is InChI=1S/C14H11NS/c1-2-12(14-8-5-9-16-14)13-7-4-3-6-11(13)10-15/h2-9,12H,1H2. The van der Waals surface area contributed by atoms with Crippen LogP contribution in [0.3, 0.4) is 0 Å². The molecule has 1 atom stereocenters. The molecule has 0 aliphatic heterocycles. The molecule has 1 heterocycles. The van der Waals surface area contributed by atoms with Crippen molar-refractivity contribution in [2.24, 2.45) is 0 Å². The Morgan fingerprint density at radius 3 is 2.69 bits per heavy atom. The average Bonchev–Trinajstić information content (AvgIpc) is 2.84. The van der Waals surface area contributed by atoms with Crippen LogP contribution in [0.25, 0.3) is 0 Å². The van der Waals surface area contributed by atoms with Crippen LogP contribution in [0.15, 0.2) is 54.4 Å². The smallest absolute Gasteiger partial charge is 0.0994 e. The second-order valence-electron chi connectivity index (χ2n) is 3.43. The molecule has 0 saturated carbocycles. The molecule has 78 valence electrons. The number of nitrogens with zero attached hydrogens (tertiary/aromatic N) is 1. The topological polar surface area (TPSA) is 23.8 Å². The van der Waals surface area contributed by atoms with Crippen LogP contribution in [0.2, 0.25) is 0 Å². The van der Waals surface area contributed by atoms with Crippen molar-refractivity contribution in [3.8, 4) is 6.07 Å². The third-order valence-corrected chi connectivity index (χ3v) is 3.46. The molecule has 2 rings (SSSR count). The van der Waals surface area contributed by atoms with Gasteiger partial charge in [0.1, 0.15) is 0 Å². The van der Waals surface area contributed by atoms with E-state index < -0.39 is 0 Å². The highest BCUT2D eigenvalue weighted by Crippen LogP contribution is 2.30. The summed E-state index contributed by atoms with van der Waals surface area (Å²) in [6.45, 7) is 3.87. The molecule has 0 aliphatic carbocycles. The highest BCUT2D eigenvalue weighted by molar-refractivity contribution is 7.10. The van der Waals surface area contributed by atoms with E-state index in [-0.39, 0.29) is 5.92 Å². The summed E-state index contributed by atoms with van der Waals surface area (Å²) in [5.41, 5.74) is 1.75. The molecular formula is C14H11NS. The maximum atomic E-state index is 9.08. The summed E-state index contributed by atoms with van der Waals surface area (Å²) in [6, 6.07) is 14.0. The van der Waals surface area contributed by atoms with Crippen LogP contribution in [0.5, 0.6) is 0 Å². The van der Waals surface area contributed by atoms with E-state index in [9.17, 15) is 0 Å². The first-order valence-electron chi connectivity index (χ1n) is 5.02. The summed E-state index contributed by atoms with van der Waals surface area (Å²) >= 11 is 1.69. The van der Waals surface area contributed by atoms with Gasteiger partial charge in [0.15, 0.2) is 0 Å². The zero-order valence-electron chi connectivity index (χ0n) is 8.76. The summed E-state index contributed by atoms with van der Waals surface area (Å²) in [4.78, 5) is 1.22. The Bertz CT molecular complexity index is 520. The minimum atomic E-state index is 0.121. The van der Waals surface area contributed by atoms with Crippen molar-refractivity contribution >= 4 is 11.3 Å². The van der Waals surface area contributed by atoms with Gasteiger partial charge in [0.2, 0.25) is 0 Å².